The number of halogens is 1. The minimum absolute atomic E-state index is 0.00421. The third-order valence-corrected chi connectivity index (χ3v) is 4.06. The van der Waals surface area contributed by atoms with E-state index in [1.54, 1.807) is 20.1 Å². The molecule has 0 aliphatic heterocycles. The lowest BCUT2D eigenvalue weighted by molar-refractivity contribution is -0.0838. The van der Waals surface area contributed by atoms with Gasteiger partial charge in [-0.3, -0.25) is 11.3 Å². The molecule has 0 aromatic heterocycles. The highest BCUT2D eigenvalue weighted by Crippen LogP contribution is 2.41. The van der Waals surface area contributed by atoms with Crippen molar-refractivity contribution in [3.05, 3.63) is 35.1 Å². The van der Waals surface area contributed by atoms with Crippen molar-refractivity contribution in [1.82, 2.24) is 5.43 Å². The molecule has 3 N–H and O–H groups in total. The molecule has 1 unspecified atom stereocenters. The molecule has 1 saturated carbocycles. The summed E-state index contributed by atoms with van der Waals surface area (Å²) in [6, 6.07) is 5.14. The zero-order valence-corrected chi connectivity index (χ0v) is 11.0. The van der Waals surface area contributed by atoms with Crippen LogP contribution in [0.5, 0.6) is 0 Å². The van der Waals surface area contributed by atoms with Gasteiger partial charge in [-0.15, -0.1) is 0 Å². The van der Waals surface area contributed by atoms with E-state index in [2.05, 4.69) is 5.43 Å². The Labute approximate surface area is 107 Å². The van der Waals surface area contributed by atoms with E-state index in [1.165, 1.54) is 12.5 Å². The van der Waals surface area contributed by atoms with Crippen molar-refractivity contribution in [2.45, 2.75) is 44.2 Å². The van der Waals surface area contributed by atoms with Gasteiger partial charge in [0.2, 0.25) is 0 Å². The first-order valence-electron chi connectivity index (χ1n) is 6.37. The van der Waals surface area contributed by atoms with Gasteiger partial charge in [0, 0.05) is 13.2 Å². The SMILES string of the molecule is COC1(CC(NN)c2ccc(F)c(C)c2)CCC1. The van der Waals surface area contributed by atoms with Crippen LogP contribution in [0.4, 0.5) is 4.39 Å². The van der Waals surface area contributed by atoms with Gasteiger partial charge in [-0.05, 0) is 49.8 Å². The summed E-state index contributed by atoms with van der Waals surface area (Å²) in [6.07, 6.45) is 4.17. The number of aryl methyl sites for hydroxylation is 1. The van der Waals surface area contributed by atoms with Crippen LogP contribution in [0.2, 0.25) is 0 Å². The van der Waals surface area contributed by atoms with Gasteiger partial charge in [0.25, 0.3) is 0 Å². The first kappa shape index (κ1) is 13.5. The molecule has 0 spiro atoms. The summed E-state index contributed by atoms with van der Waals surface area (Å²) in [7, 11) is 1.75. The quantitative estimate of drug-likeness (QED) is 0.625. The lowest BCUT2D eigenvalue weighted by atomic mass is 9.74. The smallest absolute Gasteiger partial charge is 0.126 e. The molecule has 2 rings (SSSR count). The number of hydrazine groups is 1. The fourth-order valence-corrected chi connectivity index (χ4v) is 2.59. The van der Waals surface area contributed by atoms with E-state index in [1.807, 2.05) is 6.07 Å². The summed E-state index contributed by atoms with van der Waals surface area (Å²) in [5.41, 5.74) is 4.42. The van der Waals surface area contributed by atoms with E-state index in [9.17, 15) is 4.39 Å². The van der Waals surface area contributed by atoms with E-state index < -0.39 is 0 Å². The minimum atomic E-state index is -0.181. The van der Waals surface area contributed by atoms with Crippen molar-refractivity contribution in [2.75, 3.05) is 7.11 Å². The van der Waals surface area contributed by atoms with Crippen LogP contribution in [-0.2, 0) is 4.74 Å². The fraction of sp³-hybridized carbons (Fsp3) is 0.571. The summed E-state index contributed by atoms with van der Waals surface area (Å²) in [6.45, 7) is 1.77. The average molecular weight is 252 g/mol. The highest BCUT2D eigenvalue weighted by Gasteiger charge is 2.39. The first-order chi connectivity index (χ1) is 8.60. The lowest BCUT2D eigenvalue weighted by Gasteiger charge is -2.42. The highest BCUT2D eigenvalue weighted by molar-refractivity contribution is 5.27. The van der Waals surface area contributed by atoms with Crippen LogP contribution in [0, 0.1) is 12.7 Å². The zero-order chi connectivity index (χ0) is 13.2. The number of rotatable bonds is 5. The summed E-state index contributed by atoms with van der Waals surface area (Å²) < 4.78 is 18.9. The van der Waals surface area contributed by atoms with Gasteiger partial charge in [0.15, 0.2) is 0 Å². The normalized spacial score (nSPS) is 19.3. The van der Waals surface area contributed by atoms with Crippen LogP contribution >= 0.6 is 0 Å². The summed E-state index contributed by atoms with van der Waals surface area (Å²) in [4.78, 5) is 0. The largest absolute Gasteiger partial charge is 0.378 e. The second-order valence-electron chi connectivity index (χ2n) is 5.17. The molecule has 100 valence electrons. The minimum Gasteiger partial charge on any atom is -0.378 e. The summed E-state index contributed by atoms with van der Waals surface area (Å²) in [5.74, 6) is 5.45. The zero-order valence-electron chi connectivity index (χ0n) is 11.0. The lowest BCUT2D eigenvalue weighted by Crippen LogP contribution is -2.44. The molecular formula is C14H21FN2O. The standard InChI is InChI=1S/C14H21FN2O/c1-10-8-11(4-5-12(10)15)13(17-16)9-14(18-2)6-3-7-14/h4-5,8,13,17H,3,6-7,9,16H2,1-2H3. The van der Waals surface area contributed by atoms with Crippen LogP contribution in [0.1, 0.15) is 42.9 Å². The van der Waals surface area contributed by atoms with Crippen molar-refractivity contribution in [1.29, 1.82) is 0 Å². The number of methoxy groups -OCH3 is 1. The number of hydrogen-bond donors (Lipinski definition) is 2. The van der Waals surface area contributed by atoms with E-state index >= 15 is 0 Å². The Kier molecular flexibility index (Phi) is 4.00. The summed E-state index contributed by atoms with van der Waals surface area (Å²) >= 11 is 0. The second kappa shape index (κ2) is 5.34. The third-order valence-electron chi connectivity index (χ3n) is 4.06. The maximum absolute atomic E-state index is 13.3. The Morgan fingerprint density at radius 2 is 2.22 bits per heavy atom. The predicted octanol–water partition coefficient (Wildman–Crippen LogP) is 2.60. The van der Waals surface area contributed by atoms with Crippen molar-refractivity contribution < 1.29 is 9.13 Å². The van der Waals surface area contributed by atoms with Crippen molar-refractivity contribution in [3.63, 3.8) is 0 Å². The van der Waals surface area contributed by atoms with E-state index in [4.69, 9.17) is 10.6 Å². The van der Waals surface area contributed by atoms with Crippen LogP contribution < -0.4 is 11.3 Å². The maximum Gasteiger partial charge on any atom is 0.126 e. The molecule has 1 atom stereocenters. The van der Waals surface area contributed by atoms with Crippen LogP contribution in [0.25, 0.3) is 0 Å². The molecule has 0 saturated heterocycles. The molecule has 1 aliphatic carbocycles. The Hall–Kier alpha value is -0.970. The van der Waals surface area contributed by atoms with E-state index in [0.717, 1.165) is 24.8 Å². The summed E-state index contributed by atoms with van der Waals surface area (Å²) in [5, 5.41) is 0. The van der Waals surface area contributed by atoms with Crippen LogP contribution in [0.3, 0.4) is 0 Å². The molecule has 1 aromatic carbocycles. The molecule has 3 nitrogen and oxygen atoms in total. The molecule has 0 bridgehead atoms. The average Bonchev–Trinajstić information content (AvgIpc) is 2.33. The molecular weight excluding hydrogens is 231 g/mol. The Bertz CT molecular complexity index is 413. The Morgan fingerprint density at radius 1 is 1.50 bits per heavy atom. The highest BCUT2D eigenvalue weighted by atomic mass is 19.1. The van der Waals surface area contributed by atoms with Gasteiger partial charge in [-0.25, -0.2) is 4.39 Å². The topological polar surface area (TPSA) is 47.3 Å². The van der Waals surface area contributed by atoms with E-state index in [0.29, 0.717) is 5.56 Å². The van der Waals surface area contributed by atoms with Gasteiger partial charge in [0.1, 0.15) is 5.82 Å². The fourth-order valence-electron chi connectivity index (χ4n) is 2.59. The number of benzene rings is 1. The van der Waals surface area contributed by atoms with Gasteiger partial charge in [-0.2, -0.15) is 0 Å². The van der Waals surface area contributed by atoms with Crippen molar-refractivity contribution in [2.24, 2.45) is 5.84 Å². The van der Waals surface area contributed by atoms with Gasteiger partial charge < -0.3 is 4.74 Å². The van der Waals surface area contributed by atoms with Crippen molar-refractivity contribution >= 4 is 0 Å². The molecule has 0 amide bonds. The number of hydrogen-bond acceptors (Lipinski definition) is 3. The molecule has 18 heavy (non-hydrogen) atoms. The van der Waals surface area contributed by atoms with Gasteiger partial charge in [-0.1, -0.05) is 12.1 Å². The van der Waals surface area contributed by atoms with Crippen LogP contribution in [-0.4, -0.2) is 12.7 Å². The maximum atomic E-state index is 13.3. The molecule has 0 heterocycles. The first-order valence-corrected chi connectivity index (χ1v) is 6.37. The predicted molar refractivity (Wildman–Crippen MR) is 69.4 cm³/mol. The second-order valence-corrected chi connectivity index (χ2v) is 5.17. The van der Waals surface area contributed by atoms with Gasteiger partial charge >= 0.3 is 0 Å². The molecule has 1 aromatic rings. The number of nitrogens with two attached hydrogens (primary N) is 1. The Morgan fingerprint density at radius 3 is 2.67 bits per heavy atom. The molecule has 4 heteroatoms. The van der Waals surface area contributed by atoms with Gasteiger partial charge in [0.05, 0.1) is 5.60 Å². The third kappa shape index (κ3) is 2.55. The van der Waals surface area contributed by atoms with Crippen LogP contribution in [0.15, 0.2) is 18.2 Å². The van der Waals surface area contributed by atoms with E-state index in [-0.39, 0.29) is 17.5 Å². The van der Waals surface area contributed by atoms with Crippen molar-refractivity contribution in [3.8, 4) is 0 Å². The number of nitrogens with one attached hydrogen (secondary N) is 1. The Balaban J connectivity index is 2.14. The number of ether oxygens (including phenoxy) is 1. The molecule has 1 aliphatic rings. The molecule has 0 radical (unpaired) electrons. The monoisotopic (exact) mass is 252 g/mol. The molecule has 1 fully saturated rings.